The molecule has 0 amide bonds. The van der Waals surface area contributed by atoms with Crippen LogP contribution in [0.15, 0.2) is 12.1 Å². The van der Waals surface area contributed by atoms with Crippen molar-refractivity contribution in [2.24, 2.45) is 5.73 Å². The summed E-state index contributed by atoms with van der Waals surface area (Å²) in [5, 5.41) is 10.9. The Hall–Kier alpha value is -1.87. The number of nitrogens with zero attached hydrogens (tertiary/aromatic N) is 1. The lowest BCUT2D eigenvalue weighted by Gasteiger charge is -2.12. The first-order chi connectivity index (χ1) is 9.28. The van der Waals surface area contributed by atoms with Crippen LogP contribution in [0.2, 0.25) is 0 Å². The van der Waals surface area contributed by atoms with Crippen LogP contribution in [0.5, 0.6) is 11.5 Å². The molecule has 2 N–H and O–H groups in total. The topological polar surface area (TPSA) is 122 Å². The van der Waals surface area contributed by atoms with E-state index in [1.807, 2.05) is 0 Å². The van der Waals surface area contributed by atoms with Gasteiger partial charge < -0.3 is 15.2 Å². The molecule has 0 radical (unpaired) electrons. The van der Waals surface area contributed by atoms with E-state index in [1.54, 1.807) is 0 Å². The number of ether oxygens (including phenoxy) is 2. The maximum Gasteiger partial charge on any atom is 0.277 e. The summed E-state index contributed by atoms with van der Waals surface area (Å²) in [5.41, 5.74) is 5.55. The summed E-state index contributed by atoms with van der Waals surface area (Å²) in [6.45, 7) is -0.134. The number of nitrogens with two attached hydrogens (primary N) is 1. The van der Waals surface area contributed by atoms with E-state index in [2.05, 4.69) is 0 Å². The Morgan fingerprint density at radius 1 is 1.35 bits per heavy atom. The number of nitro benzene ring substituents is 1. The normalized spacial score (nSPS) is 11.2. The van der Waals surface area contributed by atoms with E-state index >= 15 is 0 Å². The van der Waals surface area contributed by atoms with Gasteiger partial charge in [0, 0.05) is 18.4 Å². The van der Waals surface area contributed by atoms with Gasteiger partial charge in [-0.25, -0.2) is 8.42 Å². The van der Waals surface area contributed by atoms with Gasteiger partial charge in [0.25, 0.3) is 5.69 Å². The molecule has 8 nitrogen and oxygen atoms in total. The van der Waals surface area contributed by atoms with Crippen LogP contribution in [0.1, 0.15) is 5.56 Å². The molecule has 0 atom stereocenters. The Balaban J connectivity index is 3.05. The van der Waals surface area contributed by atoms with Gasteiger partial charge >= 0.3 is 0 Å². The van der Waals surface area contributed by atoms with Crippen LogP contribution in [0.3, 0.4) is 0 Å². The van der Waals surface area contributed by atoms with Crippen LogP contribution >= 0.6 is 0 Å². The highest BCUT2D eigenvalue weighted by Gasteiger charge is 2.19. The van der Waals surface area contributed by atoms with Crippen molar-refractivity contribution >= 4 is 15.5 Å². The standard InChI is InChI=1S/C11H16N2O6S/c1-18-10-5-8(7-12)9(13(14)15)6-11(10)19-3-4-20(2,16)17/h5-6H,3-4,7,12H2,1-2H3. The first-order valence-corrected chi connectivity index (χ1v) is 7.70. The van der Waals surface area contributed by atoms with Gasteiger partial charge in [0.1, 0.15) is 6.61 Å². The zero-order valence-electron chi connectivity index (χ0n) is 11.2. The van der Waals surface area contributed by atoms with Crippen LogP contribution in [0.25, 0.3) is 0 Å². The fourth-order valence-corrected chi connectivity index (χ4v) is 1.89. The predicted octanol–water partition coefficient (Wildman–Crippen LogP) is 0.486. The molecule has 1 rings (SSSR count). The molecule has 20 heavy (non-hydrogen) atoms. The quantitative estimate of drug-likeness (QED) is 0.574. The highest BCUT2D eigenvalue weighted by Crippen LogP contribution is 2.34. The maximum atomic E-state index is 11.0. The minimum atomic E-state index is -3.17. The molecule has 0 saturated carbocycles. The molecule has 9 heteroatoms. The Kier molecular flexibility index (Phi) is 5.28. The monoisotopic (exact) mass is 304 g/mol. The number of hydrogen-bond acceptors (Lipinski definition) is 7. The predicted molar refractivity (Wildman–Crippen MR) is 72.7 cm³/mol. The van der Waals surface area contributed by atoms with Gasteiger partial charge in [0.15, 0.2) is 21.3 Å². The molecule has 0 aliphatic rings. The number of sulfone groups is 1. The Labute approximate surface area is 116 Å². The Morgan fingerprint density at radius 3 is 2.45 bits per heavy atom. The van der Waals surface area contributed by atoms with E-state index in [9.17, 15) is 18.5 Å². The van der Waals surface area contributed by atoms with Gasteiger partial charge in [-0.15, -0.1) is 0 Å². The van der Waals surface area contributed by atoms with Crippen molar-refractivity contribution in [3.05, 3.63) is 27.8 Å². The molecule has 0 heterocycles. The van der Waals surface area contributed by atoms with Crippen molar-refractivity contribution in [3.63, 3.8) is 0 Å². The fraction of sp³-hybridized carbons (Fsp3) is 0.455. The Morgan fingerprint density at radius 2 is 2.00 bits per heavy atom. The van der Waals surface area contributed by atoms with Crippen molar-refractivity contribution in [1.29, 1.82) is 0 Å². The minimum Gasteiger partial charge on any atom is -0.493 e. The van der Waals surface area contributed by atoms with Gasteiger partial charge in [-0.3, -0.25) is 10.1 Å². The van der Waals surface area contributed by atoms with Gasteiger partial charge in [-0.2, -0.15) is 0 Å². The SMILES string of the molecule is COc1cc(CN)c([N+](=O)[O-])cc1OCCS(C)(=O)=O. The van der Waals surface area contributed by atoms with Crippen LogP contribution in [-0.2, 0) is 16.4 Å². The summed E-state index contributed by atoms with van der Waals surface area (Å²) in [5.74, 6) is 0.187. The molecular formula is C11H16N2O6S. The van der Waals surface area contributed by atoms with Gasteiger partial charge in [0.05, 0.1) is 23.9 Å². The third-order valence-corrected chi connectivity index (χ3v) is 3.40. The average Bonchev–Trinajstić information content (AvgIpc) is 2.36. The van der Waals surface area contributed by atoms with Gasteiger partial charge in [-0.05, 0) is 6.07 Å². The molecule has 0 saturated heterocycles. The van der Waals surface area contributed by atoms with Crippen LogP contribution < -0.4 is 15.2 Å². The molecule has 0 fully saturated rings. The summed E-state index contributed by atoms with van der Waals surface area (Å²) in [6, 6.07) is 2.59. The van der Waals surface area contributed by atoms with E-state index in [1.165, 1.54) is 19.2 Å². The molecule has 112 valence electrons. The molecule has 1 aromatic rings. The molecule has 0 spiro atoms. The third kappa shape index (κ3) is 4.35. The molecular weight excluding hydrogens is 288 g/mol. The lowest BCUT2D eigenvalue weighted by atomic mass is 10.1. The first kappa shape index (κ1) is 16.2. The number of rotatable bonds is 7. The van der Waals surface area contributed by atoms with Crippen molar-refractivity contribution in [1.82, 2.24) is 0 Å². The second-order valence-corrected chi connectivity index (χ2v) is 6.33. The van der Waals surface area contributed by atoms with Gasteiger partial charge in [0.2, 0.25) is 0 Å². The Bertz CT molecular complexity index is 599. The van der Waals surface area contributed by atoms with Crippen molar-refractivity contribution in [3.8, 4) is 11.5 Å². The first-order valence-electron chi connectivity index (χ1n) is 5.64. The van der Waals surface area contributed by atoms with E-state index < -0.39 is 14.8 Å². The molecule has 0 unspecified atom stereocenters. The summed E-state index contributed by atoms with van der Waals surface area (Å²) in [7, 11) is -1.79. The molecule has 0 aliphatic heterocycles. The van der Waals surface area contributed by atoms with Crippen LogP contribution in [0, 0.1) is 10.1 Å². The highest BCUT2D eigenvalue weighted by molar-refractivity contribution is 7.90. The van der Waals surface area contributed by atoms with E-state index in [0.717, 1.165) is 6.26 Å². The second kappa shape index (κ2) is 6.53. The zero-order valence-corrected chi connectivity index (χ0v) is 12.0. The van der Waals surface area contributed by atoms with E-state index in [0.29, 0.717) is 5.56 Å². The van der Waals surface area contributed by atoms with Crippen molar-refractivity contribution in [2.45, 2.75) is 6.54 Å². The van der Waals surface area contributed by atoms with Crippen LogP contribution in [-0.4, -0.2) is 39.1 Å². The number of hydrogen-bond donors (Lipinski definition) is 1. The van der Waals surface area contributed by atoms with Gasteiger partial charge in [-0.1, -0.05) is 0 Å². The lowest BCUT2D eigenvalue weighted by Crippen LogP contribution is -2.13. The maximum absolute atomic E-state index is 11.0. The smallest absolute Gasteiger partial charge is 0.277 e. The highest BCUT2D eigenvalue weighted by atomic mass is 32.2. The fourth-order valence-electron chi connectivity index (χ4n) is 1.50. The summed E-state index contributed by atoms with van der Waals surface area (Å²) in [4.78, 5) is 10.3. The second-order valence-electron chi connectivity index (χ2n) is 4.07. The largest absolute Gasteiger partial charge is 0.493 e. The number of benzene rings is 1. The summed E-state index contributed by atoms with van der Waals surface area (Å²) < 4.78 is 32.3. The number of nitro groups is 1. The zero-order chi connectivity index (χ0) is 15.3. The third-order valence-electron chi connectivity index (χ3n) is 2.49. The lowest BCUT2D eigenvalue weighted by molar-refractivity contribution is -0.385. The molecule has 0 bridgehead atoms. The molecule has 1 aromatic carbocycles. The van der Waals surface area contributed by atoms with E-state index in [-0.39, 0.29) is 36.1 Å². The van der Waals surface area contributed by atoms with Crippen molar-refractivity contribution < 1.29 is 22.8 Å². The summed E-state index contributed by atoms with van der Waals surface area (Å²) in [6.07, 6.45) is 1.08. The molecule has 0 aromatic heterocycles. The number of methoxy groups -OCH3 is 1. The van der Waals surface area contributed by atoms with Crippen LogP contribution in [0.4, 0.5) is 5.69 Å². The minimum absolute atomic E-state index is 0.0176. The van der Waals surface area contributed by atoms with Crippen molar-refractivity contribution in [2.75, 3.05) is 25.7 Å². The average molecular weight is 304 g/mol. The molecule has 0 aliphatic carbocycles. The summed E-state index contributed by atoms with van der Waals surface area (Å²) >= 11 is 0. The van der Waals surface area contributed by atoms with E-state index in [4.69, 9.17) is 15.2 Å².